The summed E-state index contributed by atoms with van der Waals surface area (Å²) in [7, 11) is -9.64. The standard InChI is InChI=1S/C23H34F3NSi2/c1-17-15-18(2)21(19(3)16-17)27(28(24,25)20-13-11-10-12-14-20)29(26,22(4,5)6)23(7,8)9/h10-16H,1-9H3. The van der Waals surface area contributed by atoms with Crippen LogP contribution in [0.2, 0.25) is 10.1 Å². The van der Waals surface area contributed by atoms with E-state index >= 15 is 12.3 Å². The van der Waals surface area contributed by atoms with E-state index in [1.54, 1.807) is 59.7 Å². The molecule has 0 fully saturated rings. The molecule has 0 spiro atoms. The Kier molecular flexibility index (Phi) is 6.24. The Morgan fingerprint density at radius 1 is 0.724 bits per heavy atom. The lowest BCUT2D eigenvalue weighted by Crippen LogP contribution is -2.73. The van der Waals surface area contributed by atoms with E-state index < -0.39 is 27.5 Å². The molecule has 0 radical (unpaired) electrons. The van der Waals surface area contributed by atoms with E-state index in [-0.39, 0.29) is 5.19 Å². The number of anilines is 1. The Morgan fingerprint density at radius 2 is 1.14 bits per heavy atom. The van der Waals surface area contributed by atoms with Crippen molar-refractivity contribution in [2.24, 2.45) is 0 Å². The maximum Gasteiger partial charge on any atom is 0.565 e. The second-order valence-electron chi connectivity index (χ2n) is 10.1. The molecule has 0 atom stereocenters. The van der Waals surface area contributed by atoms with Gasteiger partial charge in [0.2, 0.25) is 0 Å². The van der Waals surface area contributed by atoms with Crippen LogP contribution >= 0.6 is 0 Å². The number of benzene rings is 2. The van der Waals surface area contributed by atoms with Crippen LogP contribution in [0.4, 0.5) is 18.0 Å². The SMILES string of the molecule is Cc1cc(C)c(N([Si](F)(F)c2ccccc2)[Si](F)(C(C)(C)C)C(C)(C)C)c(C)c1. The lowest BCUT2D eigenvalue weighted by Gasteiger charge is -2.54. The van der Waals surface area contributed by atoms with E-state index in [0.717, 1.165) is 9.79 Å². The van der Waals surface area contributed by atoms with Crippen molar-refractivity contribution in [3.8, 4) is 0 Å². The molecule has 0 unspecified atom stereocenters. The minimum absolute atomic E-state index is 0.0533. The zero-order valence-corrected chi connectivity index (χ0v) is 21.1. The molecular weight excluding hydrogens is 403 g/mol. The molecule has 0 saturated heterocycles. The minimum atomic E-state index is -5.36. The van der Waals surface area contributed by atoms with Crippen LogP contribution < -0.4 is 9.42 Å². The Bertz CT molecular complexity index is 831. The Hall–Kier alpha value is -1.54. The van der Waals surface area contributed by atoms with Crippen molar-refractivity contribution < 1.29 is 12.3 Å². The van der Waals surface area contributed by atoms with Crippen LogP contribution in [0, 0.1) is 20.8 Å². The normalized spacial score (nSPS) is 13.5. The van der Waals surface area contributed by atoms with Crippen LogP contribution in [0.25, 0.3) is 0 Å². The first kappa shape index (κ1) is 23.7. The molecular formula is C23H34F3NSi2. The van der Waals surface area contributed by atoms with Crippen molar-refractivity contribution in [1.82, 2.24) is 0 Å². The Labute approximate surface area is 176 Å². The van der Waals surface area contributed by atoms with Crippen molar-refractivity contribution in [3.63, 3.8) is 0 Å². The van der Waals surface area contributed by atoms with Gasteiger partial charge in [-0.3, -0.25) is 4.11 Å². The van der Waals surface area contributed by atoms with Gasteiger partial charge in [0.25, 0.3) is 0 Å². The zero-order chi connectivity index (χ0) is 22.4. The summed E-state index contributed by atoms with van der Waals surface area (Å²) in [6.45, 7) is 16.2. The number of nitrogens with zero attached hydrogens (tertiary/aromatic N) is 1. The summed E-state index contributed by atoms with van der Waals surface area (Å²) in [6, 6.07) is 11.6. The lowest BCUT2D eigenvalue weighted by molar-refractivity contribution is 0.501. The summed E-state index contributed by atoms with van der Waals surface area (Å²) in [5, 5.41) is -1.89. The van der Waals surface area contributed by atoms with E-state index in [0.29, 0.717) is 16.8 Å². The molecule has 0 aliphatic heterocycles. The largest absolute Gasteiger partial charge is 0.565 e. The van der Waals surface area contributed by atoms with Gasteiger partial charge in [-0.1, -0.05) is 89.6 Å². The fourth-order valence-electron chi connectivity index (χ4n) is 4.58. The fraction of sp³-hybridized carbons (Fsp3) is 0.478. The van der Waals surface area contributed by atoms with Crippen molar-refractivity contribution in [3.05, 3.63) is 59.2 Å². The van der Waals surface area contributed by atoms with Gasteiger partial charge >= 0.3 is 17.5 Å². The summed E-state index contributed by atoms with van der Waals surface area (Å²) >= 11 is 0. The third-order valence-electron chi connectivity index (χ3n) is 5.56. The highest BCUT2D eigenvalue weighted by Gasteiger charge is 2.68. The van der Waals surface area contributed by atoms with Gasteiger partial charge in [0, 0.05) is 21.0 Å². The van der Waals surface area contributed by atoms with E-state index in [9.17, 15) is 0 Å². The first-order valence-corrected chi connectivity index (χ1v) is 13.6. The third kappa shape index (κ3) is 4.06. The summed E-state index contributed by atoms with van der Waals surface area (Å²) in [5.74, 6) is 0. The third-order valence-corrected chi connectivity index (χ3v) is 14.0. The van der Waals surface area contributed by atoms with Gasteiger partial charge in [-0.05, 0) is 31.9 Å². The molecule has 2 aromatic rings. The maximum atomic E-state index is 17.4. The molecule has 2 aromatic carbocycles. The van der Waals surface area contributed by atoms with Crippen LogP contribution in [0.1, 0.15) is 58.2 Å². The first-order valence-electron chi connectivity index (χ1n) is 10.1. The van der Waals surface area contributed by atoms with Gasteiger partial charge in [-0.15, -0.1) is 0 Å². The van der Waals surface area contributed by atoms with Crippen molar-refractivity contribution >= 4 is 28.3 Å². The molecule has 160 valence electrons. The smallest absolute Gasteiger partial charge is 0.345 e. The average Bonchev–Trinajstić information content (AvgIpc) is 2.56. The number of hydrogen-bond donors (Lipinski definition) is 0. The highest BCUT2D eigenvalue weighted by molar-refractivity contribution is 7.01. The second-order valence-corrected chi connectivity index (χ2v) is 17.4. The molecule has 0 aliphatic rings. The quantitative estimate of drug-likeness (QED) is 0.361. The van der Waals surface area contributed by atoms with Gasteiger partial charge in [-0.2, -0.15) is 0 Å². The zero-order valence-electron chi connectivity index (χ0n) is 19.1. The topological polar surface area (TPSA) is 3.24 Å². The second kappa shape index (κ2) is 7.62. The van der Waals surface area contributed by atoms with Crippen molar-refractivity contribution in [2.45, 2.75) is 72.4 Å². The fourth-order valence-corrected chi connectivity index (χ4v) is 14.3. The molecule has 0 bridgehead atoms. The summed E-state index contributed by atoms with van der Waals surface area (Å²) in [5.41, 5.74) is 2.77. The molecule has 0 amide bonds. The average molecular weight is 438 g/mol. The van der Waals surface area contributed by atoms with Gasteiger partial charge in [-0.25, -0.2) is 8.22 Å². The lowest BCUT2D eigenvalue weighted by atomic mass is 10.1. The summed E-state index contributed by atoms with van der Waals surface area (Å²) in [6.07, 6.45) is 0. The molecule has 0 aliphatic carbocycles. The van der Waals surface area contributed by atoms with Crippen molar-refractivity contribution in [1.29, 1.82) is 0 Å². The van der Waals surface area contributed by atoms with Crippen LogP contribution in [-0.4, -0.2) is 17.5 Å². The van der Waals surface area contributed by atoms with Gasteiger partial charge < -0.3 is 4.23 Å². The first-order chi connectivity index (χ1) is 13.0. The number of halogens is 3. The number of aryl methyl sites for hydroxylation is 3. The molecule has 6 heteroatoms. The van der Waals surface area contributed by atoms with Gasteiger partial charge in [0.15, 0.2) is 0 Å². The summed E-state index contributed by atoms with van der Waals surface area (Å²) in [4.78, 5) is 0. The van der Waals surface area contributed by atoms with Crippen molar-refractivity contribution in [2.75, 3.05) is 4.23 Å². The number of hydrogen-bond acceptors (Lipinski definition) is 1. The van der Waals surface area contributed by atoms with Gasteiger partial charge in [0.1, 0.15) is 0 Å². The maximum absolute atomic E-state index is 17.4. The highest BCUT2D eigenvalue weighted by atomic mass is 28.5. The van der Waals surface area contributed by atoms with Crippen LogP contribution in [-0.2, 0) is 0 Å². The molecule has 0 N–H and O–H groups in total. The van der Waals surface area contributed by atoms with Crippen LogP contribution in [0.3, 0.4) is 0 Å². The molecule has 29 heavy (non-hydrogen) atoms. The molecule has 2 rings (SSSR count). The van der Waals surface area contributed by atoms with E-state index in [2.05, 4.69) is 0 Å². The van der Waals surface area contributed by atoms with E-state index in [1.165, 1.54) is 12.1 Å². The Balaban J connectivity index is 2.98. The van der Waals surface area contributed by atoms with Crippen LogP contribution in [0.15, 0.2) is 42.5 Å². The number of rotatable bonds is 4. The molecule has 0 aromatic heterocycles. The molecule has 1 nitrogen and oxygen atoms in total. The van der Waals surface area contributed by atoms with Crippen LogP contribution in [0.5, 0.6) is 0 Å². The van der Waals surface area contributed by atoms with E-state index in [1.807, 2.05) is 32.9 Å². The molecule has 0 saturated carbocycles. The highest BCUT2D eigenvalue weighted by Crippen LogP contribution is 2.57. The predicted molar refractivity (Wildman–Crippen MR) is 123 cm³/mol. The Morgan fingerprint density at radius 3 is 1.52 bits per heavy atom. The van der Waals surface area contributed by atoms with E-state index in [4.69, 9.17) is 0 Å². The van der Waals surface area contributed by atoms with Gasteiger partial charge in [0.05, 0.1) is 0 Å². The molecule has 0 heterocycles. The summed E-state index contributed by atoms with van der Waals surface area (Å²) < 4.78 is 51.2. The predicted octanol–water partition coefficient (Wildman–Crippen LogP) is 7.22. The monoisotopic (exact) mass is 437 g/mol. The minimum Gasteiger partial charge on any atom is -0.345 e.